The normalized spacial score (nSPS) is 10.6. The number of para-hydroxylation sites is 1. The Balaban J connectivity index is 2.13. The Hall–Kier alpha value is -2.24. The van der Waals surface area contributed by atoms with E-state index in [9.17, 15) is 4.79 Å². The van der Waals surface area contributed by atoms with Gasteiger partial charge in [0.15, 0.2) is 0 Å². The Morgan fingerprint density at radius 2 is 1.86 bits per heavy atom. The molecule has 0 aliphatic heterocycles. The third kappa shape index (κ3) is 4.38. The molecule has 2 aromatic carbocycles. The SMILES string of the molecule is NC(=O)NN=Cc1ccccc1OCc1c(Cl)cccc1Cl. The van der Waals surface area contributed by atoms with Gasteiger partial charge in [-0.15, -0.1) is 0 Å². The van der Waals surface area contributed by atoms with Gasteiger partial charge >= 0.3 is 6.03 Å². The highest BCUT2D eigenvalue weighted by Gasteiger charge is 2.07. The molecule has 0 fully saturated rings. The first kappa shape index (κ1) is 16.1. The molecule has 0 aliphatic rings. The predicted molar refractivity (Wildman–Crippen MR) is 87.5 cm³/mol. The molecule has 0 saturated heterocycles. The van der Waals surface area contributed by atoms with E-state index < -0.39 is 6.03 Å². The summed E-state index contributed by atoms with van der Waals surface area (Å²) in [6.45, 7) is 0.215. The number of hydrogen-bond donors (Lipinski definition) is 2. The molecule has 7 heteroatoms. The van der Waals surface area contributed by atoms with Crippen molar-refractivity contribution in [2.75, 3.05) is 0 Å². The van der Waals surface area contributed by atoms with Crippen molar-refractivity contribution in [1.29, 1.82) is 0 Å². The number of nitrogens with zero attached hydrogens (tertiary/aromatic N) is 1. The van der Waals surface area contributed by atoms with Gasteiger partial charge < -0.3 is 10.5 Å². The van der Waals surface area contributed by atoms with Gasteiger partial charge in [-0.25, -0.2) is 10.2 Å². The summed E-state index contributed by atoms with van der Waals surface area (Å²) in [5.74, 6) is 0.577. The highest BCUT2D eigenvalue weighted by molar-refractivity contribution is 6.35. The quantitative estimate of drug-likeness (QED) is 0.646. The van der Waals surface area contributed by atoms with E-state index in [2.05, 4.69) is 10.5 Å². The molecule has 0 unspecified atom stereocenters. The average molecular weight is 338 g/mol. The van der Waals surface area contributed by atoms with Gasteiger partial charge in [0.05, 0.1) is 6.21 Å². The van der Waals surface area contributed by atoms with Crippen molar-refractivity contribution in [2.45, 2.75) is 6.61 Å². The smallest absolute Gasteiger partial charge is 0.332 e. The van der Waals surface area contributed by atoms with Gasteiger partial charge in [0.25, 0.3) is 0 Å². The van der Waals surface area contributed by atoms with Crippen LogP contribution in [0.3, 0.4) is 0 Å². The van der Waals surface area contributed by atoms with E-state index in [0.717, 1.165) is 0 Å². The van der Waals surface area contributed by atoms with Gasteiger partial charge in [-0.05, 0) is 24.3 Å². The van der Waals surface area contributed by atoms with Crippen LogP contribution in [-0.4, -0.2) is 12.2 Å². The number of carbonyl (C=O) groups excluding carboxylic acids is 1. The number of benzene rings is 2. The lowest BCUT2D eigenvalue weighted by Gasteiger charge is -2.11. The van der Waals surface area contributed by atoms with Crippen molar-refractivity contribution >= 4 is 35.4 Å². The minimum absolute atomic E-state index is 0.215. The number of rotatable bonds is 5. The van der Waals surface area contributed by atoms with E-state index in [0.29, 0.717) is 26.9 Å². The second-order valence-electron chi connectivity index (χ2n) is 4.26. The van der Waals surface area contributed by atoms with Gasteiger partial charge in [0, 0.05) is 21.2 Å². The van der Waals surface area contributed by atoms with E-state index in [-0.39, 0.29) is 6.61 Å². The molecule has 0 heterocycles. The van der Waals surface area contributed by atoms with Crippen LogP contribution in [0.1, 0.15) is 11.1 Å². The lowest BCUT2D eigenvalue weighted by Crippen LogP contribution is -2.24. The zero-order valence-corrected chi connectivity index (χ0v) is 12.9. The lowest BCUT2D eigenvalue weighted by atomic mass is 10.2. The average Bonchev–Trinajstić information content (AvgIpc) is 2.48. The first-order valence-electron chi connectivity index (χ1n) is 6.31. The van der Waals surface area contributed by atoms with E-state index in [1.165, 1.54) is 6.21 Å². The molecule has 3 N–H and O–H groups in total. The maximum Gasteiger partial charge on any atom is 0.332 e. The molecule has 0 saturated carbocycles. The fourth-order valence-electron chi connectivity index (χ4n) is 1.70. The van der Waals surface area contributed by atoms with Crippen molar-refractivity contribution in [1.82, 2.24) is 5.43 Å². The Morgan fingerprint density at radius 1 is 1.18 bits per heavy atom. The van der Waals surface area contributed by atoms with Crippen LogP contribution in [0.25, 0.3) is 0 Å². The molecule has 0 spiro atoms. The van der Waals surface area contributed by atoms with Gasteiger partial charge in [-0.2, -0.15) is 5.10 Å². The van der Waals surface area contributed by atoms with E-state index >= 15 is 0 Å². The molecular weight excluding hydrogens is 325 g/mol. The highest BCUT2D eigenvalue weighted by Crippen LogP contribution is 2.26. The number of ether oxygens (including phenoxy) is 1. The maximum absolute atomic E-state index is 10.6. The minimum Gasteiger partial charge on any atom is -0.488 e. The topological polar surface area (TPSA) is 76.7 Å². The fraction of sp³-hybridized carbons (Fsp3) is 0.0667. The van der Waals surface area contributed by atoms with Crippen LogP contribution in [0, 0.1) is 0 Å². The molecule has 2 rings (SSSR count). The summed E-state index contributed by atoms with van der Waals surface area (Å²) in [5.41, 5.74) is 8.44. The second kappa shape index (κ2) is 7.68. The van der Waals surface area contributed by atoms with Gasteiger partial charge in [-0.3, -0.25) is 0 Å². The molecule has 114 valence electrons. The minimum atomic E-state index is -0.738. The summed E-state index contributed by atoms with van der Waals surface area (Å²) >= 11 is 12.2. The molecular formula is C15H13Cl2N3O2. The first-order valence-corrected chi connectivity index (χ1v) is 7.06. The van der Waals surface area contributed by atoms with Crippen LogP contribution < -0.4 is 15.9 Å². The summed E-state index contributed by atoms with van der Waals surface area (Å²) in [5, 5.41) is 4.78. The van der Waals surface area contributed by atoms with Crippen LogP contribution in [0.2, 0.25) is 10.0 Å². The van der Waals surface area contributed by atoms with Crippen molar-refractivity contribution in [2.24, 2.45) is 10.8 Å². The number of carbonyl (C=O) groups is 1. The molecule has 22 heavy (non-hydrogen) atoms. The number of nitrogens with one attached hydrogen (secondary N) is 1. The van der Waals surface area contributed by atoms with Gasteiger partial charge in [0.1, 0.15) is 12.4 Å². The first-order chi connectivity index (χ1) is 10.6. The van der Waals surface area contributed by atoms with E-state index in [1.807, 2.05) is 12.1 Å². The predicted octanol–water partition coefficient (Wildman–Crippen LogP) is 3.57. The Labute approximate surface area is 137 Å². The van der Waals surface area contributed by atoms with Crippen molar-refractivity contribution < 1.29 is 9.53 Å². The van der Waals surface area contributed by atoms with E-state index in [1.54, 1.807) is 30.3 Å². The zero-order valence-electron chi connectivity index (χ0n) is 11.4. The number of primary amides is 1. The standard InChI is InChI=1S/C15H13Cl2N3O2/c16-12-5-3-6-13(17)11(12)9-22-14-7-2-1-4-10(14)8-19-20-15(18)21/h1-8H,9H2,(H3,18,20,21). The molecule has 5 nitrogen and oxygen atoms in total. The van der Waals surface area contributed by atoms with E-state index in [4.69, 9.17) is 33.7 Å². The summed E-state index contributed by atoms with van der Waals surface area (Å²) in [4.78, 5) is 10.6. The van der Waals surface area contributed by atoms with Crippen LogP contribution in [0.5, 0.6) is 5.75 Å². The lowest BCUT2D eigenvalue weighted by molar-refractivity contribution is 0.249. The van der Waals surface area contributed by atoms with Crippen LogP contribution in [-0.2, 0) is 6.61 Å². The molecule has 0 radical (unpaired) electrons. The number of urea groups is 1. The zero-order chi connectivity index (χ0) is 15.9. The highest BCUT2D eigenvalue weighted by atomic mass is 35.5. The third-order valence-corrected chi connectivity index (χ3v) is 3.44. The molecule has 2 amide bonds. The number of hydrazone groups is 1. The monoisotopic (exact) mass is 337 g/mol. The second-order valence-corrected chi connectivity index (χ2v) is 5.08. The number of hydrogen-bond acceptors (Lipinski definition) is 3. The van der Waals surface area contributed by atoms with Crippen molar-refractivity contribution in [3.8, 4) is 5.75 Å². The molecule has 0 atom stereocenters. The summed E-state index contributed by atoms with van der Waals surface area (Å²) < 4.78 is 5.74. The Kier molecular flexibility index (Phi) is 5.63. The largest absolute Gasteiger partial charge is 0.488 e. The van der Waals surface area contributed by atoms with Crippen molar-refractivity contribution in [3.05, 3.63) is 63.6 Å². The fourth-order valence-corrected chi connectivity index (χ4v) is 2.21. The molecule has 0 aliphatic carbocycles. The number of nitrogens with two attached hydrogens (primary N) is 1. The maximum atomic E-state index is 10.6. The Morgan fingerprint density at radius 3 is 2.55 bits per heavy atom. The molecule has 2 aromatic rings. The van der Waals surface area contributed by atoms with Gasteiger partial charge in [-0.1, -0.05) is 41.4 Å². The number of halogens is 2. The molecule has 0 aromatic heterocycles. The number of amides is 2. The molecule has 0 bridgehead atoms. The summed E-state index contributed by atoms with van der Waals surface area (Å²) in [6, 6.07) is 11.7. The van der Waals surface area contributed by atoms with Crippen LogP contribution in [0.15, 0.2) is 47.6 Å². The summed E-state index contributed by atoms with van der Waals surface area (Å²) in [6.07, 6.45) is 1.44. The van der Waals surface area contributed by atoms with Gasteiger partial charge in [0.2, 0.25) is 0 Å². The van der Waals surface area contributed by atoms with Crippen LogP contribution in [0.4, 0.5) is 4.79 Å². The Bertz CT molecular complexity index is 685. The third-order valence-electron chi connectivity index (χ3n) is 2.73. The summed E-state index contributed by atoms with van der Waals surface area (Å²) in [7, 11) is 0. The van der Waals surface area contributed by atoms with Crippen LogP contribution >= 0.6 is 23.2 Å². The van der Waals surface area contributed by atoms with Crippen molar-refractivity contribution in [3.63, 3.8) is 0 Å².